The molecule has 0 saturated carbocycles. The third-order valence-corrected chi connectivity index (χ3v) is 3.59. The van der Waals surface area contributed by atoms with Crippen LogP contribution in [0.1, 0.15) is 35.6 Å². The second-order valence-electron chi connectivity index (χ2n) is 4.65. The summed E-state index contributed by atoms with van der Waals surface area (Å²) in [6.45, 7) is 2.05. The molecule has 1 aromatic carbocycles. The van der Waals surface area contributed by atoms with Crippen molar-refractivity contribution in [2.24, 2.45) is 5.92 Å². The second kappa shape index (κ2) is 4.88. The van der Waals surface area contributed by atoms with E-state index in [4.69, 9.17) is 4.74 Å². The first-order valence-electron chi connectivity index (χ1n) is 5.97. The fraction of sp³-hybridized carbons (Fsp3) is 0.500. The minimum atomic E-state index is -0.559. The minimum Gasteiger partial charge on any atom is -0.469 e. The van der Waals surface area contributed by atoms with Gasteiger partial charge in [0.05, 0.1) is 19.1 Å². The summed E-state index contributed by atoms with van der Waals surface area (Å²) in [6, 6.07) is 5.95. The summed E-state index contributed by atoms with van der Waals surface area (Å²) in [5.41, 5.74) is 3.34. The van der Waals surface area contributed by atoms with Crippen molar-refractivity contribution in [3.63, 3.8) is 0 Å². The van der Waals surface area contributed by atoms with Gasteiger partial charge in [0, 0.05) is 0 Å². The largest absolute Gasteiger partial charge is 0.469 e. The third-order valence-electron chi connectivity index (χ3n) is 3.59. The number of methoxy groups -OCH3 is 1. The van der Waals surface area contributed by atoms with Gasteiger partial charge in [-0.1, -0.05) is 18.2 Å². The molecule has 17 heavy (non-hydrogen) atoms. The Morgan fingerprint density at radius 3 is 2.94 bits per heavy atom. The molecule has 0 aliphatic heterocycles. The summed E-state index contributed by atoms with van der Waals surface area (Å²) in [6.07, 6.45) is 1.49. The van der Waals surface area contributed by atoms with E-state index in [9.17, 15) is 9.90 Å². The molecule has 0 radical (unpaired) electrons. The summed E-state index contributed by atoms with van der Waals surface area (Å²) in [7, 11) is 1.40. The van der Waals surface area contributed by atoms with E-state index in [0.717, 1.165) is 18.4 Å². The van der Waals surface area contributed by atoms with E-state index in [-0.39, 0.29) is 11.9 Å². The molecule has 1 N–H and O–H groups in total. The second-order valence-corrected chi connectivity index (χ2v) is 4.65. The summed E-state index contributed by atoms with van der Waals surface area (Å²) in [4.78, 5) is 11.6. The van der Waals surface area contributed by atoms with Crippen molar-refractivity contribution in [2.45, 2.75) is 32.3 Å². The van der Waals surface area contributed by atoms with E-state index in [1.807, 2.05) is 25.1 Å². The maximum absolute atomic E-state index is 11.6. The molecule has 0 saturated heterocycles. The molecule has 3 nitrogen and oxygen atoms in total. The number of hydrogen-bond acceptors (Lipinski definition) is 3. The van der Waals surface area contributed by atoms with Crippen LogP contribution in [0.2, 0.25) is 0 Å². The molecule has 2 unspecified atom stereocenters. The fourth-order valence-electron chi connectivity index (χ4n) is 2.59. The Hall–Kier alpha value is -1.35. The molecular formula is C14H18O3. The Kier molecular flexibility index (Phi) is 3.48. The van der Waals surface area contributed by atoms with E-state index in [1.165, 1.54) is 18.2 Å². The summed E-state index contributed by atoms with van der Waals surface area (Å²) in [5.74, 6) is -0.406. The SMILES string of the molecule is COC(=O)C1CCc2c(C)cccc2C(O)C1. The molecule has 92 valence electrons. The van der Waals surface area contributed by atoms with Crippen molar-refractivity contribution in [3.05, 3.63) is 34.9 Å². The average molecular weight is 234 g/mol. The predicted molar refractivity (Wildman–Crippen MR) is 64.6 cm³/mol. The Morgan fingerprint density at radius 2 is 2.24 bits per heavy atom. The van der Waals surface area contributed by atoms with Gasteiger partial charge in [-0.15, -0.1) is 0 Å². The van der Waals surface area contributed by atoms with Gasteiger partial charge < -0.3 is 9.84 Å². The number of aliphatic hydroxyl groups excluding tert-OH is 1. The molecule has 0 fully saturated rings. The zero-order valence-electron chi connectivity index (χ0n) is 10.3. The molecule has 2 atom stereocenters. The molecule has 1 aliphatic carbocycles. The summed E-state index contributed by atoms with van der Waals surface area (Å²) in [5, 5.41) is 10.2. The highest BCUT2D eigenvalue weighted by atomic mass is 16.5. The molecule has 3 heteroatoms. The van der Waals surface area contributed by atoms with Crippen molar-refractivity contribution in [1.82, 2.24) is 0 Å². The van der Waals surface area contributed by atoms with Gasteiger partial charge in [-0.25, -0.2) is 0 Å². The van der Waals surface area contributed by atoms with E-state index in [0.29, 0.717) is 6.42 Å². The van der Waals surface area contributed by atoms with Crippen LogP contribution in [0.3, 0.4) is 0 Å². The molecular weight excluding hydrogens is 216 g/mol. The summed E-state index contributed by atoms with van der Waals surface area (Å²) >= 11 is 0. The van der Waals surface area contributed by atoms with Gasteiger partial charge in [0.1, 0.15) is 0 Å². The number of carbonyl (C=O) groups excluding carboxylic acids is 1. The number of hydrogen-bond donors (Lipinski definition) is 1. The molecule has 2 rings (SSSR count). The Labute approximate surface area is 101 Å². The quantitative estimate of drug-likeness (QED) is 0.598. The number of fused-ring (bicyclic) bond motifs is 1. The van der Waals surface area contributed by atoms with Crippen molar-refractivity contribution in [3.8, 4) is 0 Å². The van der Waals surface area contributed by atoms with Crippen LogP contribution in [0.5, 0.6) is 0 Å². The number of aliphatic hydroxyl groups is 1. The number of aryl methyl sites for hydroxylation is 1. The normalized spacial score (nSPS) is 23.7. The van der Waals surface area contributed by atoms with E-state index in [2.05, 4.69) is 0 Å². The number of esters is 1. The number of benzene rings is 1. The van der Waals surface area contributed by atoms with Crippen molar-refractivity contribution in [1.29, 1.82) is 0 Å². The van der Waals surface area contributed by atoms with Crippen LogP contribution in [-0.2, 0) is 16.0 Å². The van der Waals surface area contributed by atoms with Gasteiger partial charge in [-0.2, -0.15) is 0 Å². The van der Waals surface area contributed by atoms with Gasteiger partial charge in [-0.05, 0) is 42.9 Å². The molecule has 1 aliphatic rings. The number of rotatable bonds is 1. The average Bonchev–Trinajstić information content (AvgIpc) is 2.50. The first-order chi connectivity index (χ1) is 8.13. The van der Waals surface area contributed by atoms with Gasteiger partial charge in [0.2, 0.25) is 0 Å². The van der Waals surface area contributed by atoms with Gasteiger partial charge in [0.15, 0.2) is 0 Å². The lowest BCUT2D eigenvalue weighted by Crippen LogP contribution is -2.17. The van der Waals surface area contributed by atoms with Crippen LogP contribution in [-0.4, -0.2) is 18.2 Å². The maximum Gasteiger partial charge on any atom is 0.308 e. The Bertz CT molecular complexity index is 425. The van der Waals surface area contributed by atoms with Crippen molar-refractivity contribution in [2.75, 3.05) is 7.11 Å². The highest BCUT2D eigenvalue weighted by Crippen LogP contribution is 2.33. The Morgan fingerprint density at radius 1 is 1.47 bits per heavy atom. The lowest BCUT2D eigenvalue weighted by atomic mass is 9.97. The molecule has 0 bridgehead atoms. The minimum absolute atomic E-state index is 0.193. The smallest absolute Gasteiger partial charge is 0.308 e. The molecule has 0 spiro atoms. The van der Waals surface area contributed by atoms with Crippen LogP contribution in [0.25, 0.3) is 0 Å². The van der Waals surface area contributed by atoms with E-state index in [1.54, 1.807) is 0 Å². The number of carbonyl (C=O) groups is 1. The predicted octanol–water partition coefficient (Wildman–Crippen LogP) is 2.15. The lowest BCUT2D eigenvalue weighted by molar-refractivity contribution is -0.146. The van der Waals surface area contributed by atoms with Crippen LogP contribution in [0, 0.1) is 12.8 Å². The summed E-state index contributed by atoms with van der Waals surface area (Å²) < 4.78 is 4.77. The first kappa shape index (κ1) is 12.1. The topological polar surface area (TPSA) is 46.5 Å². The molecule has 0 amide bonds. The van der Waals surface area contributed by atoms with Crippen LogP contribution in [0.4, 0.5) is 0 Å². The molecule has 0 heterocycles. The van der Waals surface area contributed by atoms with Crippen LogP contribution < -0.4 is 0 Å². The van der Waals surface area contributed by atoms with Gasteiger partial charge in [0.25, 0.3) is 0 Å². The standard InChI is InChI=1S/C14H18O3/c1-9-4-3-5-12-11(9)7-6-10(8-13(12)15)14(16)17-2/h3-5,10,13,15H,6-8H2,1-2H3. The Balaban J connectivity index is 2.29. The van der Waals surface area contributed by atoms with Crippen LogP contribution in [0.15, 0.2) is 18.2 Å². The number of ether oxygens (including phenoxy) is 1. The first-order valence-corrected chi connectivity index (χ1v) is 5.97. The van der Waals surface area contributed by atoms with Crippen molar-refractivity contribution >= 4 is 5.97 Å². The van der Waals surface area contributed by atoms with Gasteiger partial charge in [-0.3, -0.25) is 4.79 Å². The monoisotopic (exact) mass is 234 g/mol. The van der Waals surface area contributed by atoms with E-state index < -0.39 is 6.10 Å². The van der Waals surface area contributed by atoms with Gasteiger partial charge >= 0.3 is 5.97 Å². The van der Waals surface area contributed by atoms with Crippen molar-refractivity contribution < 1.29 is 14.6 Å². The zero-order chi connectivity index (χ0) is 12.4. The maximum atomic E-state index is 11.6. The fourth-order valence-corrected chi connectivity index (χ4v) is 2.59. The van der Waals surface area contributed by atoms with Crippen LogP contribution >= 0.6 is 0 Å². The highest BCUT2D eigenvalue weighted by Gasteiger charge is 2.28. The molecule has 1 aromatic rings. The highest BCUT2D eigenvalue weighted by molar-refractivity contribution is 5.72. The lowest BCUT2D eigenvalue weighted by Gasteiger charge is -2.15. The zero-order valence-corrected chi connectivity index (χ0v) is 10.3. The van der Waals surface area contributed by atoms with E-state index >= 15 is 0 Å². The third kappa shape index (κ3) is 2.34. The molecule has 0 aromatic heterocycles.